The number of hydrogen-bond acceptors (Lipinski definition) is 2. The molecule has 134 valence electrons. The van der Waals surface area contributed by atoms with Gasteiger partial charge < -0.3 is 9.80 Å². The molecule has 2 aliphatic rings. The molecule has 26 heavy (non-hydrogen) atoms. The van der Waals surface area contributed by atoms with Gasteiger partial charge in [0.25, 0.3) is 5.91 Å². The van der Waals surface area contributed by atoms with Gasteiger partial charge in [0, 0.05) is 31.6 Å². The van der Waals surface area contributed by atoms with E-state index >= 15 is 0 Å². The van der Waals surface area contributed by atoms with Crippen molar-refractivity contribution in [3.8, 4) is 0 Å². The van der Waals surface area contributed by atoms with Crippen molar-refractivity contribution in [2.24, 2.45) is 0 Å². The highest BCUT2D eigenvalue weighted by Crippen LogP contribution is 2.30. The van der Waals surface area contributed by atoms with Crippen molar-refractivity contribution in [2.45, 2.75) is 38.8 Å². The largest absolute Gasteiger partial charge is 0.338 e. The van der Waals surface area contributed by atoms with Crippen LogP contribution in [0, 0.1) is 0 Å². The van der Waals surface area contributed by atoms with E-state index in [4.69, 9.17) is 0 Å². The predicted molar refractivity (Wildman–Crippen MR) is 101 cm³/mol. The van der Waals surface area contributed by atoms with E-state index < -0.39 is 0 Å². The van der Waals surface area contributed by atoms with Crippen molar-refractivity contribution >= 4 is 11.8 Å². The lowest BCUT2D eigenvalue weighted by Crippen LogP contribution is -2.38. The number of rotatable bonds is 3. The number of nitrogens with zero attached hydrogens (tertiary/aromatic N) is 2. The Morgan fingerprint density at radius 2 is 1.81 bits per heavy atom. The second-order valence-electron chi connectivity index (χ2n) is 7.24. The first-order chi connectivity index (χ1) is 12.6. The lowest BCUT2D eigenvalue weighted by molar-refractivity contribution is -0.128. The Morgan fingerprint density at radius 3 is 2.54 bits per heavy atom. The van der Waals surface area contributed by atoms with E-state index in [1.807, 2.05) is 40.1 Å². The Labute approximate surface area is 154 Å². The summed E-state index contributed by atoms with van der Waals surface area (Å²) in [6.45, 7) is 4.33. The minimum atomic E-state index is 0.0794. The monoisotopic (exact) mass is 348 g/mol. The van der Waals surface area contributed by atoms with Gasteiger partial charge in [0.05, 0.1) is 6.04 Å². The topological polar surface area (TPSA) is 40.6 Å². The van der Waals surface area contributed by atoms with Gasteiger partial charge in [-0.25, -0.2) is 0 Å². The van der Waals surface area contributed by atoms with Crippen LogP contribution in [0.4, 0.5) is 0 Å². The van der Waals surface area contributed by atoms with E-state index in [1.165, 1.54) is 11.1 Å². The molecule has 1 atom stereocenters. The molecule has 2 amide bonds. The third-order valence-corrected chi connectivity index (χ3v) is 5.60. The number of likely N-dealkylation sites (tertiary alicyclic amines) is 1. The molecule has 1 unspecified atom stereocenters. The Balaban J connectivity index is 1.47. The number of amides is 2. The molecule has 2 aromatic carbocycles. The summed E-state index contributed by atoms with van der Waals surface area (Å²) in [5.41, 5.74) is 4.38. The first-order valence-corrected chi connectivity index (χ1v) is 9.39. The molecule has 4 rings (SSSR count). The van der Waals surface area contributed by atoms with Crippen molar-refractivity contribution < 1.29 is 9.59 Å². The highest BCUT2D eigenvalue weighted by molar-refractivity contribution is 5.94. The average Bonchev–Trinajstić information content (AvgIpc) is 3.07. The molecule has 0 spiro atoms. The number of fused-ring (bicyclic) bond motifs is 1. The Hall–Kier alpha value is -2.62. The Morgan fingerprint density at radius 1 is 1.04 bits per heavy atom. The zero-order chi connectivity index (χ0) is 18.1. The fraction of sp³-hybridized carbons (Fsp3) is 0.364. The summed E-state index contributed by atoms with van der Waals surface area (Å²) >= 11 is 0. The van der Waals surface area contributed by atoms with Gasteiger partial charge in [-0.2, -0.15) is 0 Å². The van der Waals surface area contributed by atoms with Crippen molar-refractivity contribution in [3.05, 3.63) is 70.8 Å². The SMILES string of the molecule is CC1c2ccccc2CCN1C(=O)c1ccc(CN2CCCC2=O)cc1. The van der Waals surface area contributed by atoms with E-state index in [0.717, 1.165) is 31.5 Å². The number of benzene rings is 2. The summed E-state index contributed by atoms with van der Waals surface area (Å²) in [5.74, 6) is 0.307. The molecule has 2 aliphatic heterocycles. The van der Waals surface area contributed by atoms with Crippen LogP contribution in [0.15, 0.2) is 48.5 Å². The smallest absolute Gasteiger partial charge is 0.254 e. The second-order valence-corrected chi connectivity index (χ2v) is 7.24. The highest BCUT2D eigenvalue weighted by Gasteiger charge is 2.28. The van der Waals surface area contributed by atoms with E-state index in [1.54, 1.807) is 0 Å². The van der Waals surface area contributed by atoms with Gasteiger partial charge in [0.1, 0.15) is 0 Å². The van der Waals surface area contributed by atoms with E-state index in [9.17, 15) is 9.59 Å². The summed E-state index contributed by atoms with van der Waals surface area (Å²) < 4.78 is 0. The molecule has 1 saturated heterocycles. The summed E-state index contributed by atoms with van der Waals surface area (Å²) in [7, 11) is 0. The van der Waals surface area contributed by atoms with E-state index in [-0.39, 0.29) is 17.9 Å². The van der Waals surface area contributed by atoms with Gasteiger partial charge in [-0.3, -0.25) is 9.59 Å². The fourth-order valence-corrected chi connectivity index (χ4v) is 4.06. The molecule has 4 nitrogen and oxygen atoms in total. The molecule has 4 heteroatoms. The van der Waals surface area contributed by atoms with Crippen molar-refractivity contribution in [2.75, 3.05) is 13.1 Å². The predicted octanol–water partition coefficient (Wildman–Crippen LogP) is 3.57. The van der Waals surface area contributed by atoms with Crippen LogP contribution >= 0.6 is 0 Å². The van der Waals surface area contributed by atoms with Gasteiger partial charge >= 0.3 is 0 Å². The van der Waals surface area contributed by atoms with Crippen LogP contribution in [0.25, 0.3) is 0 Å². The van der Waals surface area contributed by atoms with Crippen LogP contribution in [0.5, 0.6) is 0 Å². The van der Waals surface area contributed by atoms with Crippen molar-refractivity contribution in [3.63, 3.8) is 0 Å². The maximum absolute atomic E-state index is 13.0. The summed E-state index contributed by atoms with van der Waals surface area (Å²) in [5, 5.41) is 0. The van der Waals surface area contributed by atoms with Crippen LogP contribution < -0.4 is 0 Å². The van der Waals surface area contributed by atoms with Gasteiger partial charge in [0.2, 0.25) is 5.91 Å². The highest BCUT2D eigenvalue weighted by atomic mass is 16.2. The first kappa shape index (κ1) is 16.8. The Kier molecular flexibility index (Phi) is 4.49. The minimum absolute atomic E-state index is 0.0794. The molecule has 0 saturated carbocycles. The van der Waals surface area contributed by atoms with Gasteiger partial charge in [0.15, 0.2) is 0 Å². The van der Waals surface area contributed by atoms with Crippen LogP contribution in [-0.4, -0.2) is 34.7 Å². The summed E-state index contributed by atoms with van der Waals surface area (Å²) in [6.07, 6.45) is 2.51. The van der Waals surface area contributed by atoms with Crippen LogP contribution in [0.2, 0.25) is 0 Å². The van der Waals surface area contributed by atoms with Crippen molar-refractivity contribution in [1.29, 1.82) is 0 Å². The van der Waals surface area contributed by atoms with Crippen LogP contribution in [0.3, 0.4) is 0 Å². The molecular formula is C22H24N2O2. The standard InChI is InChI=1S/C22H24N2O2/c1-16-20-6-3-2-5-18(20)12-14-24(16)22(26)19-10-8-17(9-11-19)15-23-13-4-7-21(23)25/h2-3,5-6,8-11,16H,4,7,12-15H2,1H3. The molecule has 0 radical (unpaired) electrons. The molecule has 1 fully saturated rings. The fourth-order valence-electron chi connectivity index (χ4n) is 4.06. The zero-order valence-electron chi connectivity index (χ0n) is 15.1. The third-order valence-electron chi connectivity index (χ3n) is 5.60. The number of carbonyl (C=O) groups is 2. The third kappa shape index (κ3) is 3.12. The normalized spacial score (nSPS) is 19.6. The average molecular weight is 348 g/mol. The number of hydrogen-bond donors (Lipinski definition) is 0. The van der Waals surface area contributed by atoms with Crippen molar-refractivity contribution in [1.82, 2.24) is 9.80 Å². The van der Waals surface area contributed by atoms with E-state index in [0.29, 0.717) is 18.5 Å². The molecule has 0 bridgehead atoms. The Bertz CT molecular complexity index is 828. The molecule has 2 heterocycles. The molecular weight excluding hydrogens is 324 g/mol. The first-order valence-electron chi connectivity index (χ1n) is 9.39. The summed E-state index contributed by atoms with van der Waals surface area (Å²) in [4.78, 5) is 28.6. The molecule has 0 aromatic heterocycles. The minimum Gasteiger partial charge on any atom is -0.338 e. The van der Waals surface area contributed by atoms with E-state index in [2.05, 4.69) is 25.1 Å². The maximum atomic E-state index is 13.0. The molecule has 0 aliphatic carbocycles. The van der Waals surface area contributed by atoms with Crippen LogP contribution in [0.1, 0.15) is 52.9 Å². The molecule has 2 aromatic rings. The lowest BCUT2D eigenvalue weighted by atomic mass is 9.93. The second kappa shape index (κ2) is 6.94. The van der Waals surface area contributed by atoms with Gasteiger partial charge in [-0.05, 0) is 48.6 Å². The summed E-state index contributed by atoms with van der Waals surface area (Å²) in [6, 6.07) is 16.2. The van der Waals surface area contributed by atoms with Gasteiger partial charge in [-0.15, -0.1) is 0 Å². The van der Waals surface area contributed by atoms with Gasteiger partial charge in [-0.1, -0.05) is 36.4 Å². The maximum Gasteiger partial charge on any atom is 0.254 e. The zero-order valence-corrected chi connectivity index (χ0v) is 15.1. The lowest BCUT2D eigenvalue weighted by Gasteiger charge is -2.35. The number of carbonyl (C=O) groups excluding carboxylic acids is 2. The van der Waals surface area contributed by atoms with Crippen LogP contribution in [-0.2, 0) is 17.8 Å². The molecule has 0 N–H and O–H groups in total. The quantitative estimate of drug-likeness (QED) is 0.851.